The van der Waals surface area contributed by atoms with Crippen LogP contribution in [0.3, 0.4) is 0 Å². The molecule has 1 saturated carbocycles. The van der Waals surface area contributed by atoms with Gasteiger partial charge in [0.25, 0.3) is 5.82 Å². The van der Waals surface area contributed by atoms with Gasteiger partial charge in [0, 0.05) is 39.1 Å². The van der Waals surface area contributed by atoms with Crippen LogP contribution in [0.15, 0.2) is 4.52 Å². The summed E-state index contributed by atoms with van der Waals surface area (Å²) in [7, 11) is 3.60. The lowest BCUT2D eigenvalue weighted by atomic mass is 9.89. The van der Waals surface area contributed by atoms with Crippen LogP contribution >= 0.6 is 0 Å². The topological polar surface area (TPSA) is 74.9 Å². The van der Waals surface area contributed by atoms with Gasteiger partial charge in [-0.15, -0.1) is 0 Å². The van der Waals surface area contributed by atoms with E-state index < -0.39 is 12.0 Å². The Morgan fingerprint density at radius 1 is 1.10 bits per heavy atom. The van der Waals surface area contributed by atoms with Gasteiger partial charge in [-0.3, -0.25) is 9.69 Å². The summed E-state index contributed by atoms with van der Waals surface area (Å²) in [5.41, 5.74) is 0. The largest absolute Gasteiger partial charge is 0.455 e. The van der Waals surface area contributed by atoms with E-state index in [0.29, 0.717) is 31.1 Å². The van der Waals surface area contributed by atoms with Crippen molar-refractivity contribution in [2.75, 3.05) is 45.3 Å². The van der Waals surface area contributed by atoms with Gasteiger partial charge in [-0.2, -0.15) is 18.2 Å². The van der Waals surface area contributed by atoms with Crippen molar-refractivity contribution in [1.82, 2.24) is 19.9 Å². The molecule has 0 radical (unpaired) electrons. The Kier molecular flexibility index (Phi) is 4.32. The molecule has 0 N–H and O–H groups in total. The second kappa shape index (κ2) is 6.56. The van der Waals surface area contributed by atoms with Crippen molar-refractivity contribution >= 4 is 11.9 Å². The van der Waals surface area contributed by atoms with Gasteiger partial charge in [0.05, 0.1) is 25.3 Å². The molecular formula is C18H24F3N5O3. The van der Waals surface area contributed by atoms with Crippen LogP contribution in [-0.2, 0) is 15.7 Å². The highest BCUT2D eigenvalue weighted by Crippen LogP contribution is 2.53. The number of alkyl halides is 3. The molecule has 4 aliphatic rings. The summed E-state index contributed by atoms with van der Waals surface area (Å²) in [4.78, 5) is 21.7. The number of anilines is 1. The first-order valence-electron chi connectivity index (χ1n) is 9.96. The fourth-order valence-corrected chi connectivity index (χ4v) is 5.45. The second-order valence-corrected chi connectivity index (χ2v) is 8.82. The van der Waals surface area contributed by atoms with E-state index in [-0.39, 0.29) is 29.9 Å². The molecule has 4 fully saturated rings. The third-order valence-corrected chi connectivity index (χ3v) is 6.85. The number of aromatic nitrogens is 2. The molecule has 1 aromatic heterocycles. The maximum absolute atomic E-state index is 12.8. The fraction of sp³-hybridized carbons (Fsp3) is 0.833. The van der Waals surface area contributed by atoms with E-state index in [0.717, 1.165) is 25.9 Å². The average Bonchev–Trinajstić information content (AvgIpc) is 3.04. The number of carbonyl (C=O) groups is 1. The molecule has 5 rings (SSSR count). The number of amides is 1. The number of ether oxygens (including phenoxy) is 1. The summed E-state index contributed by atoms with van der Waals surface area (Å²) < 4.78 is 49.1. The molecule has 29 heavy (non-hydrogen) atoms. The number of nitrogens with zero attached hydrogens (tertiary/aromatic N) is 5. The number of fused-ring (bicyclic) bond motifs is 3. The number of carbonyl (C=O) groups excluding carboxylic acids is 1. The monoisotopic (exact) mass is 415 g/mol. The zero-order valence-corrected chi connectivity index (χ0v) is 16.3. The normalized spacial score (nSPS) is 36.8. The van der Waals surface area contributed by atoms with E-state index >= 15 is 0 Å². The highest BCUT2D eigenvalue weighted by Gasteiger charge is 2.61. The minimum Gasteiger partial charge on any atom is -0.377 e. The van der Waals surface area contributed by atoms with E-state index in [1.165, 1.54) is 0 Å². The molecule has 3 aliphatic heterocycles. The molecule has 3 unspecified atom stereocenters. The van der Waals surface area contributed by atoms with Crippen molar-refractivity contribution in [1.29, 1.82) is 0 Å². The molecule has 3 saturated heterocycles. The Labute approximate surface area is 165 Å². The highest BCUT2D eigenvalue weighted by molar-refractivity contribution is 5.82. The molecule has 0 aromatic carbocycles. The van der Waals surface area contributed by atoms with Gasteiger partial charge in [-0.1, -0.05) is 0 Å². The minimum absolute atomic E-state index is 0.0741. The van der Waals surface area contributed by atoms with E-state index in [9.17, 15) is 18.0 Å². The maximum atomic E-state index is 12.8. The van der Waals surface area contributed by atoms with Crippen LogP contribution in [-0.4, -0.2) is 84.4 Å². The number of hydrogen-bond donors (Lipinski definition) is 0. The molecular weight excluding hydrogens is 391 g/mol. The Morgan fingerprint density at radius 2 is 1.72 bits per heavy atom. The molecule has 0 spiro atoms. The number of morpholine rings is 1. The van der Waals surface area contributed by atoms with Crippen molar-refractivity contribution in [2.24, 2.45) is 17.8 Å². The molecule has 4 heterocycles. The molecule has 5 atom stereocenters. The van der Waals surface area contributed by atoms with E-state index in [1.807, 2.05) is 4.90 Å². The SMILES string of the molecule is CN(C)C(=O)C1[C@H]2CN(C3CC4COCC(C3)N4c3nc(C(F)(F)F)no3)C[C@@H]12. The molecule has 1 aliphatic carbocycles. The first kappa shape index (κ1) is 19.1. The van der Waals surface area contributed by atoms with Crippen LogP contribution in [0.1, 0.15) is 18.7 Å². The van der Waals surface area contributed by atoms with Crippen LogP contribution in [0, 0.1) is 17.8 Å². The number of rotatable bonds is 3. The van der Waals surface area contributed by atoms with Crippen LogP contribution < -0.4 is 4.90 Å². The van der Waals surface area contributed by atoms with Gasteiger partial charge in [0.15, 0.2) is 0 Å². The standard InChI is InChI=1S/C18H24F3N5O3/c1-24(2)15(27)14-12-5-25(6-13(12)14)9-3-10-7-28-8-11(4-9)26(10)17-22-16(23-29-17)18(19,20)21/h9-14H,3-8H2,1-2H3/t9?,10?,11?,12-,13+,14?. The molecule has 8 nitrogen and oxygen atoms in total. The van der Waals surface area contributed by atoms with E-state index in [4.69, 9.17) is 9.26 Å². The first-order chi connectivity index (χ1) is 13.7. The molecule has 1 aromatic rings. The van der Waals surface area contributed by atoms with Crippen LogP contribution in [0.5, 0.6) is 0 Å². The maximum Gasteiger partial charge on any atom is 0.455 e. The molecule has 11 heteroatoms. The van der Waals surface area contributed by atoms with Crippen LogP contribution in [0.2, 0.25) is 0 Å². The van der Waals surface area contributed by atoms with Crippen LogP contribution in [0.25, 0.3) is 0 Å². The summed E-state index contributed by atoms with van der Waals surface area (Å²) in [6.07, 6.45) is -3.08. The average molecular weight is 415 g/mol. The van der Waals surface area contributed by atoms with Gasteiger partial charge in [-0.05, 0) is 29.8 Å². The summed E-state index contributed by atoms with van der Waals surface area (Å²) in [6, 6.07) is 0.0726. The predicted octanol–water partition coefficient (Wildman–Crippen LogP) is 1.09. The second-order valence-electron chi connectivity index (χ2n) is 8.82. The number of hydrogen-bond acceptors (Lipinski definition) is 7. The fourth-order valence-electron chi connectivity index (χ4n) is 5.45. The zero-order valence-electron chi connectivity index (χ0n) is 16.3. The van der Waals surface area contributed by atoms with Crippen LogP contribution in [0.4, 0.5) is 19.2 Å². The van der Waals surface area contributed by atoms with Gasteiger partial charge in [0.1, 0.15) is 0 Å². The van der Waals surface area contributed by atoms with Crippen molar-refractivity contribution in [2.45, 2.75) is 37.1 Å². The predicted molar refractivity (Wildman–Crippen MR) is 93.9 cm³/mol. The Balaban J connectivity index is 1.25. The van der Waals surface area contributed by atoms with Gasteiger partial charge >= 0.3 is 12.2 Å². The number of halogens is 3. The number of piperidine rings is 2. The minimum atomic E-state index is -4.62. The van der Waals surface area contributed by atoms with Crippen molar-refractivity contribution in [3.8, 4) is 0 Å². The highest BCUT2D eigenvalue weighted by atomic mass is 19.4. The summed E-state index contributed by atoms with van der Waals surface area (Å²) >= 11 is 0. The third-order valence-electron chi connectivity index (χ3n) is 6.85. The smallest absolute Gasteiger partial charge is 0.377 e. The zero-order chi connectivity index (χ0) is 20.5. The first-order valence-corrected chi connectivity index (χ1v) is 9.96. The van der Waals surface area contributed by atoms with Gasteiger partial charge < -0.3 is 19.1 Å². The summed E-state index contributed by atoms with van der Waals surface area (Å²) in [5, 5.41) is 3.10. The van der Waals surface area contributed by atoms with Crippen molar-refractivity contribution in [3.05, 3.63) is 5.82 Å². The van der Waals surface area contributed by atoms with E-state index in [2.05, 4.69) is 15.0 Å². The Morgan fingerprint density at radius 3 is 2.24 bits per heavy atom. The third kappa shape index (κ3) is 3.18. The Hall–Kier alpha value is -1.88. The number of likely N-dealkylation sites (tertiary alicyclic amines) is 1. The lowest BCUT2D eigenvalue weighted by molar-refractivity contribution is -0.146. The van der Waals surface area contributed by atoms with Gasteiger partial charge in [-0.25, -0.2) is 0 Å². The molecule has 2 bridgehead atoms. The molecule has 160 valence electrons. The van der Waals surface area contributed by atoms with Crippen molar-refractivity contribution < 1.29 is 27.2 Å². The van der Waals surface area contributed by atoms with Crippen molar-refractivity contribution in [3.63, 3.8) is 0 Å². The van der Waals surface area contributed by atoms with E-state index in [1.54, 1.807) is 19.0 Å². The summed E-state index contributed by atoms with van der Waals surface area (Å²) in [5.74, 6) is -0.00147. The molecule has 1 amide bonds. The quantitative estimate of drug-likeness (QED) is 0.732. The summed E-state index contributed by atoms with van der Waals surface area (Å²) in [6.45, 7) is 2.69. The Bertz CT molecular complexity index is 774. The lowest BCUT2D eigenvalue weighted by Gasteiger charge is -2.49. The van der Waals surface area contributed by atoms with Gasteiger partial charge in [0.2, 0.25) is 5.91 Å². The lowest BCUT2D eigenvalue weighted by Crippen LogP contribution is -2.61.